The zero-order chi connectivity index (χ0) is 11.7. The molecule has 5 nitrogen and oxygen atoms in total. The van der Waals surface area contributed by atoms with E-state index < -0.39 is 5.72 Å². The smallest absolute Gasteiger partial charge is 0.194 e. The molecule has 17 heavy (non-hydrogen) atoms. The van der Waals surface area contributed by atoms with E-state index in [-0.39, 0.29) is 12.5 Å². The number of benzene rings is 1. The quantitative estimate of drug-likeness (QED) is 0.846. The molecule has 0 radical (unpaired) electrons. The van der Waals surface area contributed by atoms with Crippen LogP contribution >= 0.6 is 0 Å². The molecular weight excluding hydrogens is 218 g/mol. The number of ether oxygens (including phenoxy) is 1. The fraction of sp³-hybridized carbons (Fsp3) is 0.333. The lowest BCUT2D eigenvalue weighted by Gasteiger charge is -2.47. The summed E-state index contributed by atoms with van der Waals surface area (Å²) < 4.78 is 7.18. The minimum Gasteiger partial charge on any atom is -0.391 e. The Hall–Kier alpha value is -1.72. The van der Waals surface area contributed by atoms with E-state index in [2.05, 4.69) is 10.1 Å². The van der Waals surface area contributed by atoms with E-state index in [0.29, 0.717) is 6.61 Å². The van der Waals surface area contributed by atoms with Crippen LogP contribution in [0.5, 0.6) is 0 Å². The molecular formula is C12H13N3O2. The van der Waals surface area contributed by atoms with Gasteiger partial charge in [-0.25, -0.2) is 9.67 Å². The molecule has 0 unspecified atom stereocenters. The molecule has 1 aliphatic heterocycles. The van der Waals surface area contributed by atoms with Crippen LogP contribution in [-0.4, -0.2) is 33.1 Å². The van der Waals surface area contributed by atoms with Crippen LogP contribution in [0.1, 0.15) is 11.5 Å². The minimum absolute atomic E-state index is 0.107. The first-order valence-corrected chi connectivity index (χ1v) is 5.52. The first-order chi connectivity index (χ1) is 8.37. The predicted molar refractivity (Wildman–Crippen MR) is 60.2 cm³/mol. The zero-order valence-electron chi connectivity index (χ0n) is 9.23. The highest BCUT2D eigenvalue weighted by Crippen LogP contribution is 2.43. The highest BCUT2D eigenvalue weighted by Gasteiger charge is 2.51. The number of aromatic nitrogens is 3. The number of nitrogens with zero attached hydrogens (tertiary/aromatic N) is 3. The van der Waals surface area contributed by atoms with Gasteiger partial charge >= 0.3 is 0 Å². The fourth-order valence-corrected chi connectivity index (χ4v) is 2.26. The van der Waals surface area contributed by atoms with E-state index in [1.807, 2.05) is 30.3 Å². The van der Waals surface area contributed by atoms with Gasteiger partial charge in [0.25, 0.3) is 0 Å². The summed E-state index contributed by atoms with van der Waals surface area (Å²) in [6.07, 6.45) is 3.02. The number of hydrogen-bond acceptors (Lipinski definition) is 4. The molecule has 2 atom stereocenters. The van der Waals surface area contributed by atoms with Gasteiger partial charge in [-0.3, -0.25) is 0 Å². The first kappa shape index (κ1) is 10.4. The second-order valence-corrected chi connectivity index (χ2v) is 4.12. The van der Waals surface area contributed by atoms with Crippen LogP contribution in [0.3, 0.4) is 0 Å². The fourth-order valence-electron chi connectivity index (χ4n) is 2.26. The normalized spacial score (nSPS) is 27.7. The monoisotopic (exact) mass is 231 g/mol. The first-order valence-electron chi connectivity index (χ1n) is 5.52. The van der Waals surface area contributed by atoms with Crippen molar-refractivity contribution in [2.24, 2.45) is 0 Å². The number of aliphatic hydroxyl groups is 1. The molecule has 0 saturated carbocycles. The minimum atomic E-state index is -0.794. The predicted octanol–water partition coefficient (Wildman–Crippen LogP) is 0.737. The summed E-state index contributed by atoms with van der Waals surface area (Å²) in [5.74, 6) is 0.107. The lowest BCUT2D eigenvalue weighted by Crippen LogP contribution is -2.56. The van der Waals surface area contributed by atoms with Gasteiger partial charge in [0.1, 0.15) is 12.7 Å². The lowest BCUT2D eigenvalue weighted by molar-refractivity contribution is -0.252. The summed E-state index contributed by atoms with van der Waals surface area (Å²) in [5.41, 5.74) is 0.348. The van der Waals surface area contributed by atoms with E-state index in [9.17, 15) is 5.11 Å². The van der Waals surface area contributed by atoms with Crippen LogP contribution in [-0.2, 0) is 10.5 Å². The van der Waals surface area contributed by atoms with Crippen LogP contribution in [0.4, 0.5) is 0 Å². The topological polar surface area (TPSA) is 60.2 Å². The molecule has 1 aliphatic rings. The molecule has 2 heterocycles. The van der Waals surface area contributed by atoms with Gasteiger partial charge in [0.2, 0.25) is 0 Å². The molecule has 88 valence electrons. The summed E-state index contributed by atoms with van der Waals surface area (Å²) in [4.78, 5) is 3.91. The van der Waals surface area contributed by atoms with Crippen LogP contribution in [0.15, 0.2) is 43.0 Å². The average molecular weight is 231 g/mol. The third kappa shape index (κ3) is 1.47. The van der Waals surface area contributed by atoms with Gasteiger partial charge in [0.05, 0.1) is 19.1 Å². The number of hydrogen-bond donors (Lipinski definition) is 1. The zero-order valence-corrected chi connectivity index (χ0v) is 9.23. The molecule has 1 aromatic heterocycles. The summed E-state index contributed by atoms with van der Waals surface area (Å²) in [6.45, 7) is 0.473. The molecule has 3 rings (SSSR count). The van der Waals surface area contributed by atoms with Gasteiger partial charge in [-0.05, 0) is 5.56 Å². The highest BCUT2D eigenvalue weighted by molar-refractivity contribution is 5.24. The molecule has 0 spiro atoms. The van der Waals surface area contributed by atoms with Crippen LogP contribution in [0.2, 0.25) is 0 Å². The van der Waals surface area contributed by atoms with Crippen molar-refractivity contribution in [2.45, 2.75) is 11.6 Å². The third-order valence-electron chi connectivity index (χ3n) is 3.28. The summed E-state index contributed by atoms with van der Waals surface area (Å²) in [6, 6.07) is 10.0. The molecule has 1 N–H and O–H groups in total. The van der Waals surface area contributed by atoms with Crippen molar-refractivity contribution in [3.63, 3.8) is 0 Å². The summed E-state index contributed by atoms with van der Waals surface area (Å²) >= 11 is 0. The Kier molecular flexibility index (Phi) is 2.42. The van der Waals surface area contributed by atoms with E-state index in [0.717, 1.165) is 5.56 Å². The standard InChI is InChI=1S/C12H13N3O2/c16-7-12(15-9-13-8-14-15)11(6-17-12)10-4-2-1-3-5-10/h1-5,8-9,11,16H,6-7H2/t11-,12+/m1/s1. The summed E-state index contributed by atoms with van der Waals surface area (Å²) in [5, 5.41) is 13.7. The Bertz CT molecular complexity index is 482. The third-order valence-corrected chi connectivity index (χ3v) is 3.28. The molecule has 5 heteroatoms. The van der Waals surface area contributed by atoms with Crippen LogP contribution in [0.25, 0.3) is 0 Å². The van der Waals surface area contributed by atoms with Crippen molar-refractivity contribution in [1.29, 1.82) is 0 Å². The van der Waals surface area contributed by atoms with Gasteiger partial charge in [-0.15, -0.1) is 0 Å². The second kappa shape index (κ2) is 3.94. The molecule has 1 aromatic carbocycles. The molecule has 2 aromatic rings. The van der Waals surface area contributed by atoms with Crippen molar-refractivity contribution in [1.82, 2.24) is 14.8 Å². The van der Waals surface area contributed by atoms with Gasteiger partial charge in [0, 0.05) is 0 Å². The number of aliphatic hydroxyl groups excluding tert-OH is 1. The van der Waals surface area contributed by atoms with Crippen molar-refractivity contribution in [3.05, 3.63) is 48.5 Å². The average Bonchev–Trinajstić information content (AvgIpc) is 2.85. The SMILES string of the molecule is OC[C@]1(n2cncn2)OC[C@@H]1c1ccccc1. The molecule has 0 bridgehead atoms. The second-order valence-electron chi connectivity index (χ2n) is 4.12. The van der Waals surface area contributed by atoms with Crippen molar-refractivity contribution < 1.29 is 9.84 Å². The largest absolute Gasteiger partial charge is 0.391 e. The molecule has 0 amide bonds. The number of rotatable bonds is 3. The van der Waals surface area contributed by atoms with Gasteiger partial charge in [-0.2, -0.15) is 5.10 Å². The Labute approximate surface area is 98.7 Å². The van der Waals surface area contributed by atoms with Gasteiger partial charge in [0.15, 0.2) is 5.72 Å². The molecule has 1 saturated heterocycles. The van der Waals surface area contributed by atoms with E-state index >= 15 is 0 Å². The van der Waals surface area contributed by atoms with E-state index in [1.165, 1.54) is 6.33 Å². The highest BCUT2D eigenvalue weighted by atomic mass is 16.6. The maximum atomic E-state index is 9.63. The maximum Gasteiger partial charge on any atom is 0.194 e. The Balaban J connectivity index is 1.98. The van der Waals surface area contributed by atoms with Crippen molar-refractivity contribution >= 4 is 0 Å². The van der Waals surface area contributed by atoms with Crippen LogP contribution in [0, 0.1) is 0 Å². The van der Waals surface area contributed by atoms with Crippen molar-refractivity contribution in [3.8, 4) is 0 Å². The molecule has 0 aliphatic carbocycles. The Morgan fingerprint density at radius 2 is 2.24 bits per heavy atom. The van der Waals surface area contributed by atoms with E-state index in [1.54, 1.807) is 11.0 Å². The van der Waals surface area contributed by atoms with Gasteiger partial charge in [-0.1, -0.05) is 30.3 Å². The lowest BCUT2D eigenvalue weighted by atomic mass is 9.84. The van der Waals surface area contributed by atoms with Crippen LogP contribution < -0.4 is 0 Å². The molecule has 1 fully saturated rings. The maximum absolute atomic E-state index is 9.63. The van der Waals surface area contributed by atoms with Gasteiger partial charge < -0.3 is 9.84 Å². The van der Waals surface area contributed by atoms with Crippen molar-refractivity contribution in [2.75, 3.05) is 13.2 Å². The Morgan fingerprint density at radius 3 is 2.76 bits per heavy atom. The Morgan fingerprint density at radius 1 is 1.41 bits per heavy atom. The van der Waals surface area contributed by atoms with E-state index in [4.69, 9.17) is 4.74 Å². The summed E-state index contributed by atoms with van der Waals surface area (Å²) in [7, 11) is 0.